The number of nitrogens with zero attached hydrogens (tertiary/aromatic N) is 2. The Morgan fingerprint density at radius 2 is 1.53 bits per heavy atom. The van der Waals surface area contributed by atoms with Crippen molar-refractivity contribution in [1.29, 1.82) is 0 Å². The van der Waals surface area contributed by atoms with Gasteiger partial charge in [0.2, 0.25) is 10.0 Å². The van der Waals surface area contributed by atoms with Crippen LogP contribution in [0.4, 0.5) is 0 Å². The first-order valence-electron chi connectivity index (χ1n) is 10.9. The van der Waals surface area contributed by atoms with E-state index in [9.17, 15) is 8.42 Å². The minimum atomic E-state index is -3.42. The Morgan fingerprint density at radius 3 is 2.27 bits per heavy atom. The van der Waals surface area contributed by atoms with Crippen LogP contribution in [0.5, 0.6) is 0 Å². The Bertz CT molecular complexity index is 1080. The van der Waals surface area contributed by atoms with Gasteiger partial charge in [0.15, 0.2) is 0 Å². The summed E-state index contributed by atoms with van der Waals surface area (Å²) in [4.78, 5) is 2.76. The lowest BCUT2D eigenvalue weighted by Crippen LogP contribution is -2.48. The standard InChI is InChI=1S/C25H30N2O2S/c1-2-3-7-21-12-14-24(15-13-21)30(28,29)27-18-16-26(17-19-27)20-23-10-6-9-22-8-4-5-11-25(22)23/h4-6,8-15H,2-3,7,16-20H2,1H3. The first kappa shape index (κ1) is 21.0. The molecule has 1 aliphatic heterocycles. The maximum Gasteiger partial charge on any atom is 0.243 e. The molecule has 3 aromatic rings. The van der Waals surface area contributed by atoms with Gasteiger partial charge >= 0.3 is 0 Å². The highest BCUT2D eigenvalue weighted by Gasteiger charge is 2.28. The van der Waals surface area contributed by atoms with Crippen LogP contribution >= 0.6 is 0 Å². The molecule has 3 aromatic carbocycles. The number of fused-ring (bicyclic) bond motifs is 1. The maximum atomic E-state index is 13.1. The van der Waals surface area contributed by atoms with E-state index in [0.29, 0.717) is 18.0 Å². The van der Waals surface area contributed by atoms with Gasteiger partial charge in [-0.05, 0) is 46.9 Å². The van der Waals surface area contributed by atoms with Gasteiger partial charge in [-0.1, -0.05) is 67.9 Å². The summed E-state index contributed by atoms with van der Waals surface area (Å²) in [5, 5.41) is 2.52. The van der Waals surface area contributed by atoms with Gasteiger partial charge in [0.05, 0.1) is 4.90 Å². The molecular weight excluding hydrogens is 392 g/mol. The second-order valence-corrected chi connectivity index (χ2v) is 10.0. The molecule has 0 N–H and O–H groups in total. The van der Waals surface area contributed by atoms with Crippen molar-refractivity contribution in [2.75, 3.05) is 26.2 Å². The van der Waals surface area contributed by atoms with E-state index in [2.05, 4.69) is 54.3 Å². The minimum Gasteiger partial charge on any atom is -0.296 e. The molecule has 4 nitrogen and oxygen atoms in total. The lowest BCUT2D eigenvalue weighted by atomic mass is 10.0. The molecule has 0 unspecified atom stereocenters. The van der Waals surface area contributed by atoms with Crippen LogP contribution in [0, 0.1) is 0 Å². The third kappa shape index (κ3) is 4.59. The van der Waals surface area contributed by atoms with Crippen LogP contribution in [0.2, 0.25) is 0 Å². The zero-order valence-electron chi connectivity index (χ0n) is 17.6. The molecule has 0 amide bonds. The summed E-state index contributed by atoms with van der Waals surface area (Å²) in [6.45, 7) is 5.57. The summed E-state index contributed by atoms with van der Waals surface area (Å²) in [7, 11) is -3.42. The molecule has 0 atom stereocenters. The lowest BCUT2D eigenvalue weighted by molar-refractivity contribution is 0.182. The van der Waals surface area contributed by atoms with Gasteiger partial charge in [-0.2, -0.15) is 4.31 Å². The fourth-order valence-corrected chi connectivity index (χ4v) is 5.58. The van der Waals surface area contributed by atoms with Crippen molar-refractivity contribution in [3.8, 4) is 0 Å². The number of piperazine rings is 1. The fourth-order valence-electron chi connectivity index (χ4n) is 4.16. The number of hydrogen-bond donors (Lipinski definition) is 0. The van der Waals surface area contributed by atoms with Crippen molar-refractivity contribution in [1.82, 2.24) is 9.21 Å². The van der Waals surface area contributed by atoms with Crippen molar-refractivity contribution in [3.63, 3.8) is 0 Å². The molecule has 1 heterocycles. The van der Waals surface area contributed by atoms with E-state index in [1.165, 1.54) is 21.9 Å². The monoisotopic (exact) mass is 422 g/mol. The van der Waals surface area contributed by atoms with Gasteiger partial charge in [-0.3, -0.25) is 4.90 Å². The Labute approximate surface area is 180 Å². The quantitative estimate of drug-likeness (QED) is 0.555. The highest BCUT2D eigenvalue weighted by Crippen LogP contribution is 2.22. The molecular formula is C25H30N2O2S. The Hall–Kier alpha value is -2.21. The lowest BCUT2D eigenvalue weighted by Gasteiger charge is -2.34. The summed E-state index contributed by atoms with van der Waals surface area (Å²) in [5.74, 6) is 0. The summed E-state index contributed by atoms with van der Waals surface area (Å²) in [6, 6.07) is 22.3. The van der Waals surface area contributed by atoms with Crippen molar-refractivity contribution in [2.45, 2.75) is 37.6 Å². The highest BCUT2D eigenvalue weighted by atomic mass is 32.2. The van der Waals surface area contributed by atoms with E-state index in [1.807, 2.05) is 12.1 Å². The van der Waals surface area contributed by atoms with E-state index in [1.54, 1.807) is 16.4 Å². The third-order valence-electron chi connectivity index (χ3n) is 5.99. The van der Waals surface area contributed by atoms with Crippen molar-refractivity contribution in [2.24, 2.45) is 0 Å². The summed E-state index contributed by atoms with van der Waals surface area (Å²) in [6.07, 6.45) is 3.28. The average Bonchev–Trinajstić information content (AvgIpc) is 2.78. The maximum absolute atomic E-state index is 13.1. The van der Waals surface area contributed by atoms with Crippen LogP contribution in [0.1, 0.15) is 30.9 Å². The smallest absolute Gasteiger partial charge is 0.243 e. The van der Waals surface area contributed by atoms with Gasteiger partial charge < -0.3 is 0 Å². The molecule has 0 aromatic heterocycles. The molecule has 1 fully saturated rings. The predicted molar refractivity (Wildman–Crippen MR) is 123 cm³/mol. The topological polar surface area (TPSA) is 40.6 Å². The van der Waals surface area contributed by atoms with Gasteiger partial charge in [0, 0.05) is 32.7 Å². The van der Waals surface area contributed by atoms with E-state index in [-0.39, 0.29) is 0 Å². The number of sulfonamides is 1. The Balaban J connectivity index is 1.40. The number of unbranched alkanes of at least 4 members (excludes halogenated alkanes) is 1. The van der Waals surface area contributed by atoms with E-state index in [4.69, 9.17) is 0 Å². The molecule has 5 heteroatoms. The van der Waals surface area contributed by atoms with Crippen LogP contribution in [0.15, 0.2) is 71.6 Å². The molecule has 1 aliphatic rings. The summed E-state index contributed by atoms with van der Waals surface area (Å²) >= 11 is 0. The zero-order valence-corrected chi connectivity index (χ0v) is 18.4. The largest absolute Gasteiger partial charge is 0.296 e. The van der Waals surface area contributed by atoms with E-state index in [0.717, 1.165) is 38.9 Å². The molecule has 0 bridgehead atoms. The van der Waals surface area contributed by atoms with E-state index >= 15 is 0 Å². The highest BCUT2D eigenvalue weighted by molar-refractivity contribution is 7.89. The first-order valence-corrected chi connectivity index (χ1v) is 12.3. The molecule has 0 radical (unpaired) electrons. The number of rotatable bonds is 7. The summed E-state index contributed by atoms with van der Waals surface area (Å²) < 4.78 is 27.8. The van der Waals surface area contributed by atoms with Crippen LogP contribution in [-0.4, -0.2) is 43.8 Å². The normalized spacial score (nSPS) is 16.2. The fraction of sp³-hybridized carbons (Fsp3) is 0.360. The Kier molecular flexibility index (Phi) is 6.52. The van der Waals surface area contributed by atoms with Crippen LogP contribution in [0.25, 0.3) is 10.8 Å². The van der Waals surface area contributed by atoms with Crippen LogP contribution in [0.3, 0.4) is 0 Å². The molecule has 4 rings (SSSR count). The minimum absolute atomic E-state index is 0.408. The van der Waals surface area contributed by atoms with Gasteiger partial charge in [0.1, 0.15) is 0 Å². The number of aryl methyl sites for hydroxylation is 1. The molecule has 0 saturated carbocycles. The molecule has 158 valence electrons. The zero-order chi connectivity index (χ0) is 21.0. The van der Waals surface area contributed by atoms with Crippen molar-refractivity contribution >= 4 is 20.8 Å². The van der Waals surface area contributed by atoms with E-state index < -0.39 is 10.0 Å². The SMILES string of the molecule is CCCCc1ccc(S(=O)(=O)N2CCN(Cc3cccc4ccccc34)CC2)cc1. The number of hydrogen-bond acceptors (Lipinski definition) is 3. The summed E-state index contributed by atoms with van der Waals surface area (Å²) in [5.41, 5.74) is 2.50. The Morgan fingerprint density at radius 1 is 0.833 bits per heavy atom. The van der Waals surface area contributed by atoms with Crippen molar-refractivity contribution < 1.29 is 8.42 Å². The molecule has 30 heavy (non-hydrogen) atoms. The third-order valence-corrected chi connectivity index (χ3v) is 7.90. The van der Waals surface area contributed by atoms with Gasteiger partial charge in [-0.15, -0.1) is 0 Å². The molecule has 0 spiro atoms. The second-order valence-electron chi connectivity index (χ2n) is 8.07. The molecule has 1 saturated heterocycles. The molecule has 0 aliphatic carbocycles. The van der Waals surface area contributed by atoms with Gasteiger partial charge in [0.25, 0.3) is 0 Å². The van der Waals surface area contributed by atoms with Crippen LogP contribution in [-0.2, 0) is 23.0 Å². The second kappa shape index (κ2) is 9.29. The van der Waals surface area contributed by atoms with Gasteiger partial charge in [-0.25, -0.2) is 8.42 Å². The first-order chi connectivity index (χ1) is 14.6. The van der Waals surface area contributed by atoms with Crippen molar-refractivity contribution in [3.05, 3.63) is 77.9 Å². The predicted octanol–water partition coefficient (Wildman–Crippen LogP) is 4.69. The average molecular weight is 423 g/mol. The van der Waals surface area contributed by atoms with Crippen LogP contribution < -0.4 is 0 Å². The number of benzene rings is 3.